The highest BCUT2D eigenvalue weighted by molar-refractivity contribution is 7.17. The first-order valence-corrected chi connectivity index (χ1v) is 9.03. The maximum Gasteiger partial charge on any atom is 0.238 e. The molecule has 2 aliphatic carbocycles. The largest absolute Gasteiger partial charge is 0.324 e. The first-order valence-electron chi connectivity index (χ1n) is 8.15. The number of nitrogens with one attached hydrogen (secondary N) is 2. The Labute approximate surface area is 134 Å². The molecule has 1 saturated carbocycles. The number of hydrogen-bond acceptors (Lipinski definition) is 4. The van der Waals surface area contributed by atoms with Crippen molar-refractivity contribution < 1.29 is 4.79 Å². The molecule has 0 aliphatic heterocycles. The first-order chi connectivity index (χ1) is 10.7. The number of hydrogen-bond donors (Lipinski definition) is 2. The second-order valence-electron chi connectivity index (χ2n) is 6.42. The summed E-state index contributed by atoms with van der Waals surface area (Å²) in [5.74, 6) is 0.0674. The second-order valence-corrected chi connectivity index (χ2v) is 7.28. The minimum absolute atomic E-state index is 0.0674. The molecule has 2 heterocycles. The van der Waals surface area contributed by atoms with E-state index in [0.717, 1.165) is 28.7 Å². The molecular formula is C17H21N3OS. The normalized spacial score (nSPS) is 17.5. The second kappa shape index (κ2) is 5.63. The molecule has 4 nitrogen and oxygen atoms in total. The zero-order valence-electron chi connectivity index (χ0n) is 12.9. The lowest BCUT2D eigenvalue weighted by Gasteiger charge is -2.20. The van der Waals surface area contributed by atoms with E-state index in [4.69, 9.17) is 4.98 Å². The number of thiophene rings is 1. The van der Waals surface area contributed by atoms with E-state index in [2.05, 4.69) is 22.9 Å². The van der Waals surface area contributed by atoms with Gasteiger partial charge in [-0.2, -0.15) is 0 Å². The van der Waals surface area contributed by atoms with Crippen molar-refractivity contribution >= 4 is 33.1 Å². The molecule has 5 heteroatoms. The van der Waals surface area contributed by atoms with Crippen molar-refractivity contribution in [2.75, 3.05) is 11.9 Å². The molecule has 0 spiro atoms. The SMILES string of the molecule is Cc1csc2nc3c(c(NC(=O)CNC4CC4)c12)CCCC3. The van der Waals surface area contributed by atoms with Crippen LogP contribution < -0.4 is 10.6 Å². The monoisotopic (exact) mass is 315 g/mol. The van der Waals surface area contributed by atoms with E-state index in [1.54, 1.807) is 11.3 Å². The van der Waals surface area contributed by atoms with Crippen molar-refractivity contribution in [3.05, 3.63) is 22.2 Å². The van der Waals surface area contributed by atoms with E-state index in [1.165, 1.54) is 42.5 Å². The van der Waals surface area contributed by atoms with Crippen LogP contribution in [0.5, 0.6) is 0 Å². The van der Waals surface area contributed by atoms with Crippen LogP contribution in [0.1, 0.15) is 42.5 Å². The molecule has 116 valence electrons. The lowest BCUT2D eigenvalue weighted by molar-refractivity contribution is -0.115. The van der Waals surface area contributed by atoms with Crippen LogP contribution in [-0.4, -0.2) is 23.5 Å². The van der Waals surface area contributed by atoms with Crippen LogP contribution in [0.2, 0.25) is 0 Å². The quantitative estimate of drug-likeness (QED) is 0.911. The van der Waals surface area contributed by atoms with Gasteiger partial charge in [0.2, 0.25) is 5.91 Å². The average molecular weight is 315 g/mol. The molecule has 1 fully saturated rings. The van der Waals surface area contributed by atoms with E-state index < -0.39 is 0 Å². The predicted molar refractivity (Wildman–Crippen MR) is 90.7 cm³/mol. The Balaban J connectivity index is 1.69. The van der Waals surface area contributed by atoms with Gasteiger partial charge in [-0.15, -0.1) is 11.3 Å². The number of amides is 1. The number of rotatable bonds is 4. The van der Waals surface area contributed by atoms with Crippen molar-refractivity contribution in [2.24, 2.45) is 0 Å². The summed E-state index contributed by atoms with van der Waals surface area (Å²) in [6.45, 7) is 2.51. The number of aromatic nitrogens is 1. The summed E-state index contributed by atoms with van der Waals surface area (Å²) in [6.07, 6.45) is 6.85. The summed E-state index contributed by atoms with van der Waals surface area (Å²) in [5.41, 5.74) is 4.69. The minimum atomic E-state index is 0.0674. The predicted octanol–water partition coefficient (Wildman–Crippen LogP) is 3.17. The van der Waals surface area contributed by atoms with Crippen LogP contribution >= 0.6 is 11.3 Å². The fourth-order valence-electron chi connectivity index (χ4n) is 3.22. The van der Waals surface area contributed by atoms with Gasteiger partial charge in [0.05, 0.1) is 12.2 Å². The molecule has 0 radical (unpaired) electrons. The van der Waals surface area contributed by atoms with Crippen LogP contribution in [-0.2, 0) is 17.6 Å². The Morgan fingerprint density at radius 1 is 1.36 bits per heavy atom. The number of anilines is 1. The molecule has 22 heavy (non-hydrogen) atoms. The lowest BCUT2D eigenvalue weighted by Crippen LogP contribution is -2.30. The molecule has 2 N–H and O–H groups in total. The number of pyridine rings is 1. The molecule has 2 aromatic heterocycles. The van der Waals surface area contributed by atoms with E-state index in [9.17, 15) is 4.79 Å². The van der Waals surface area contributed by atoms with Gasteiger partial charge < -0.3 is 10.6 Å². The van der Waals surface area contributed by atoms with Gasteiger partial charge in [0, 0.05) is 17.1 Å². The van der Waals surface area contributed by atoms with Gasteiger partial charge in [0.1, 0.15) is 4.83 Å². The van der Waals surface area contributed by atoms with Crippen LogP contribution in [0, 0.1) is 6.92 Å². The highest BCUT2D eigenvalue weighted by Crippen LogP contribution is 2.37. The summed E-state index contributed by atoms with van der Waals surface area (Å²) in [6, 6.07) is 0.556. The van der Waals surface area contributed by atoms with E-state index >= 15 is 0 Å². The Kier molecular flexibility index (Phi) is 3.62. The Bertz CT molecular complexity index is 733. The van der Waals surface area contributed by atoms with E-state index in [-0.39, 0.29) is 5.91 Å². The molecule has 2 aliphatic rings. The van der Waals surface area contributed by atoms with Gasteiger partial charge in [-0.3, -0.25) is 4.79 Å². The number of fused-ring (bicyclic) bond motifs is 2. The summed E-state index contributed by atoms with van der Waals surface area (Å²) < 4.78 is 0. The molecule has 0 bridgehead atoms. The summed E-state index contributed by atoms with van der Waals surface area (Å²) in [4.78, 5) is 18.2. The third-order valence-electron chi connectivity index (χ3n) is 4.58. The molecule has 0 saturated heterocycles. The van der Waals surface area contributed by atoms with Crippen LogP contribution in [0.3, 0.4) is 0 Å². The third kappa shape index (κ3) is 2.63. The zero-order chi connectivity index (χ0) is 15.1. The number of carbonyl (C=O) groups is 1. The number of aryl methyl sites for hydroxylation is 2. The fourth-order valence-corrected chi connectivity index (χ4v) is 4.17. The molecular weight excluding hydrogens is 294 g/mol. The van der Waals surface area contributed by atoms with Crippen LogP contribution in [0.4, 0.5) is 5.69 Å². The summed E-state index contributed by atoms with van der Waals surface area (Å²) in [7, 11) is 0. The smallest absolute Gasteiger partial charge is 0.238 e. The van der Waals surface area contributed by atoms with Gasteiger partial charge in [-0.1, -0.05) is 0 Å². The van der Waals surface area contributed by atoms with E-state index in [1.807, 2.05) is 0 Å². The van der Waals surface area contributed by atoms with Crippen LogP contribution in [0.25, 0.3) is 10.2 Å². The Hall–Kier alpha value is -1.46. The zero-order valence-corrected chi connectivity index (χ0v) is 13.7. The lowest BCUT2D eigenvalue weighted by atomic mass is 9.93. The highest BCUT2D eigenvalue weighted by Gasteiger charge is 2.23. The van der Waals surface area contributed by atoms with Gasteiger partial charge >= 0.3 is 0 Å². The van der Waals surface area contributed by atoms with Gasteiger partial charge in [0.15, 0.2) is 0 Å². The maximum atomic E-state index is 12.3. The summed E-state index contributed by atoms with van der Waals surface area (Å²) in [5, 5.41) is 9.76. The fraction of sp³-hybridized carbons (Fsp3) is 0.529. The van der Waals surface area contributed by atoms with E-state index in [0.29, 0.717) is 12.6 Å². The molecule has 1 amide bonds. The third-order valence-corrected chi connectivity index (χ3v) is 5.57. The topological polar surface area (TPSA) is 54.0 Å². The van der Waals surface area contributed by atoms with Crippen LogP contribution in [0.15, 0.2) is 5.38 Å². The molecule has 2 aromatic rings. The molecule has 4 rings (SSSR count). The summed E-state index contributed by atoms with van der Waals surface area (Å²) >= 11 is 1.68. The van der Waals surface area contributed by atoms with Gasteiger partial charge in [0.25, 0.3) is 0 Å². The average Bonchev–Trinajstić information content (AvgIpc) is 3.28. The first kappa shape index (κ1) is 14.2. The molecule has 0 atom stereocenters. The maximum absolute atomic E-state index is 12.3. The van der Waals surface area contributed by atoms with Crippen molar-refractivity contribution in [1.82, 2.24) is 10.3 Å². The number of nitrogens with zero attached hydrogens (tertiary/aromatic N) is 1. The standard InChI is InChI=1S/C17H21N3OS/c1-10-9-22-17-15(10)16(12-4-2-3-5-13(12)19-17)20-14(21)8-18-11-6-7-11/h9,11,18H,2-8H2,1H3,(H,19,20,21). The molecule has 0 unspecified atom stereocenters. The highest BCUT2D eigenvalue weighted by atomic mass is 32.1. The Morgan fingerprint density at radius 3 is 3.00 bits per heavy atom. The Morgan fingerprint density at radius 2 is 2.18 bits per heavy atom. The van der Waals surface area contributed by atoms with Crippen molar-refractivity contribution in [2.45, 2.75) is 51.5 Å². The minimum Gasteiger partial charge on any atom is -0.324 e. The number of carbonyl (C=O) groups excluding carboxylic acids is 1. The van der Waals surface area contributed by atoms with Crippen molar-refractivity contribution in [3.8, 4) is 0 Å². The van der Waals surface area contributed by atoms with Crippen molar-refractivity contribution in [3.63, 3.8) is 0 Å². The van der Waals surface area contributed by atoms with Gasteiger partial charge in [-0.05, 0) is 62.0 Å². The van der Waals surface area contributed by atoms with Gasteiger partial charge in [-0.25, -0.2) is 4.98 Å². The van der Waals surface area contributed by atoms with Crippen molar-refractivity contribution in [1.29, 1.82) is 0 Å². The molecule has 0 aromatic carbocycles.